The fraction of sp³-hybridized carbons (Fsp3) is 0.316. The predicted octanol–water partition coefficient (Wildman–Crippen LogP) is 2.61. The zero-order valence-corrected chi connectivity index (χ0v) is 14.8. The van der Waals surface area contributed by atoms with Gasteiger partial charge in [-0.05, 0) is 54.7 Å². The van der Waals surface area contributed by atoms with Crippen molar-refractivity contribution in [1.82, 2.24) is 0 Å². The van der Waals surface area contributed by atoms with Crippen LogP contribution in [-0.2, 0) is 31.4 Å². The van der Waals surface area contributed by atoms with Crippen LogP contribution < -0.4 is 0 Å². The van der Waals surface area contributed by atoms with Gasteiger partial charge < -0.3 is 9.84 Å². The molecule has 6 heteroatoms. The summed E-state index contributed by atoms with van der Waals surface area (Å²) in [6.45, 7) is 0. The molecule has 3 rings (SSSR count). The number of sulfone groups is 1. The van der Waals surface area contributed by atoms with Crippen LogP contribution in [0.15, 0.2) is 58.3 Å². The molecule has 0 aliphatic heterocycles. The lowest BCUT2D eigenvalue weighted by atomic mass is 9.77. The van der Waals surface area contributed by atoms with E-state index in [-0.39, 0.29) is 16.2 Å². The standard InChI is InChI=1S/C19H20O5S/c1-24-18(20)13-19(21)11-5-6-14-12-16(9-10-17(14)19)25(22,23)15-7-3-2-4-8-15/h2-4,7-10,12,21H,5-6,11,13H2,1H3. The lowest BCUT2D eigenvalue weighted by molar-refractivity contribution is -0.147. The Balaban J connectivity index is 2.02. The average molecular weight is 360 g/mol. The number of aryl methyl sites for hydroxylation is 1. The highest BCUT2D eigenvalue weighted by Crippen LogP contribution is 2.39. The van der Waals surface area contributed by atoms with Crippen LogP contribution in [-0.4, -0.2) is 26.6 Å². The van der Waals surface area contributed by atoms with E-state index < -0.39 is 21.4 Å². The second-order valence-corrected chi connectivity index (χ2v) is 8.22. The summed E-state index contributed by atoms with van der Waals surface area (Å²) in [4.78, 5) is 12.1. The number of ether oxygens (including phenoxy) is 1. The third kappa shape index (κ3) is 3.32. The smallest absolute Gasteiger partial charge is 0.308 e. The zero-order valence-electron chi connectivity index (χ0n) is 13.9. The lowest BCUT2D eigenvalue weighted by Gasteiger charge is -2.34. The molecular weight excluding hydrogens is 340 g/mol. The van der Waals surface area contributed by atoms with Crippen LogP contribution in [0.4, 0.5) is 0 Å². The summed E-state index contributed by atoms with van der Waals surface area (Å²) >= 11 is 0. The lowest BCUT2D eigenvalue weighted by Crippen LogP contribution is -2.33. The molecule has 0 radical (unpaired) electrons. The van der Waals surface area contributed by atoms with Gasteiger partial charge in [0.2, 0.25) is 9.84 Å². The molecule has 0 saturated carbocycles. The summed E-state index contributed by atoms with van der Waals surface area (Å²) < 4.78 is 30.2. The summed E-state index contributed by atoms with van der Waals surface area (Å²) in [6, 6.07) is 13.0. The molecule has 0 bridgehead atoms. The predicted molar refractivity (Wildman–Crippen MR) is 91.8 cm³/mol. The molecule has 2 aromatic carbocycles. The van der Waals surface area contributed by atoms with Crippen molar-refractivity contribution in [3.63, 3.8) is 0 Å². The average Bonchev–Trinajstić information content (AvgIpc) is 2.62. The summed E-state index contributed by atoms with van der Waals surface area (Å²) in [5.74, 6) is -0.490. The first kappa shape index (κ1) is 17.6. The monoisotopic (exact) mass is 360 g/mol. The number of hydrogen-bond donors (Lipinski definition) is 1. The Kier molecular flexibility index (Phi) is 4.67. The van der Waals surface area contributed by atoms with E-state index in [0.717, 1.165) is 5.56 Å². The van der Waals surface area contributed by atoms with Gasteiger partial charge in [0, 0.05) is 0 Å². The Labute approximate surface area is 147 Å². The number of aliphatic hydroxyl groups is 1. The van der Waals surface area contributed by atoms with E-state index in [1.807, 2.05) is 0 Å². The number of rotatable bonds is 4. The van der Waals surface area contributed by atoms with Crippen molar-refractivity contribution in [3.8, 4) is 0 Å². The molecule has 0 aromatic heterocycles. The fourth-order valence-corrected chi connectivity index (χ4v) is 4.67. The molecule has 0 amide bonds. The Bertz CT molecular complexity index is 889. The van der Waals surface area contributed by atoms with E-state index in [4.69, 9.17) is 0 Å². The Morgan fingerprint density at radius 3 is 2.56 bits per heavy atom. The number of carbonyl (C=O) groups is 1. The first-order valence-electron chi connectivity index (χ1n) is 8.09. The van der Waals surface area contributed by atoms with Crippen molar-refractivity contribution in [2.75, 3.05) is 7.11 Å². The molecule has 0 spiro atoms. The molecule has 1 unspecified atom stereocenters. The van der Waals surface area contributed by atoms with Crippen LogP contribution in [0.2, 0.25) is 0 Å². The second kappa shape index (κ2) is 6.61. The van der Waals surface area contributed by atoms with Gasteiger partial charge in [-0.1, -0.05) is 24.3 Å². The van der Waals surface area contributed by atoms with Gasteiger partial charge in [0.25, 0.3) is 0 Å². The van der Waals surface area contributed by atoms with Gasteiger partial charge in [-0.25, -0.2) is 8.42 Å². The Morgan fingerprint density at radius 2 is 1.88 bits per heavy atom. The van der Waals surface area contributed by atoms with Gasteiger partial charge in [0.1, 0.15) is 5.60 Å². The van der Waals surface area contributed by atoms with Crippen LogP contribution in [0.5, 0.6) is 0 Å². The summed E-state index contributed by atoms with van der Waals surface area (Å²) in [5, 5.41) is 10.9. The maximum atomic E-state index is 12.8. The van der Waals surface area contributed by atoms with E-state index in [1.165, 1.54) is 13.2 Å². The Morgan fingerprint density at radius 1 is 1.16 bits per heavy atom. The molecule has 2 aromatic rings. The molecule has 25 heavy (non-hydrogen) atoms. The molecule has 0 saturated heterocycles. The van der Waals surface area contributed by atoms with Gasteiger partial charge in [0.15, 0.2) is 0 Å². The van der Waals surface area contributed by atoms with Gasteiger partial charge in [-0.15, -0.1) is 0 Å². The fourth-order valence-electron chi connectivity index (χ4n) is 3.33. The van der Waals surface area contributed by atoms with Gasteiger partial charge >= 0.3 is 5.97 Å². The number of carbonyl (C=O) groups excluding carboxylic acids is 1. The van der Waals surface area contributed by atoms with E-state index in [1.54, 1.807) is 42.5 Å². The van der Waals surface area contributed by atoms with Crippen LogP contribution in [0.25, 0.3) is 0 Å². The van der Waals surface area contributed by atoms with Crippen LogP contribution >= 0.6 is 0 Å². The largest absolute Gasteiger partial charge is 0.469 e. The van der Waals surface area contributed by atoms with Crippen LogP contribution in [0.1, 0.15) is 30.4 Å². The maximum absolute atomic E-state index is 12.8. The number of fused-ring (bicyclic) bond motifs is 1. The Hall–Kier alpha value is -2.18. The van der Waals surface area contributed by atoms with Gasteiger partial charge in [-0.3, -0.25) is 4.79 Å². The molecule has 1 N–H and O–H groups in total. The number of methoxy groups -OCH3 is 1. The minimum Gasteiger partial charge on any atom is -0.469 e. The number of esters is 1. The SMILES string of the molecule is COC(=O)CC1(O)CCCc2cc(S(=O)(=O)c3ccccc3)ccc21. The van der Waals surface area contributed by atoms with Gasteiger partial charge in [0.05, 0.1) is 23.3 Å². The van der Waals surface area contributed by atoms with Crippen molar-refractivity contribution in [3.05, 3.63) is 59.7 Å². The van der Waals surface area contributed by atoms with Crippen LogP contribution in [0, 0.1) is 0 Å². The van der Waals surface area contributed by atoms with Crippen molar-refractivity contribution in [1.29, 1.82) is 0 Å². The van der Waals surface area contributed by atoms with Crippen molar-refractivity contribution in [2.24, 2.45) is 0 Å². The van der Waals surface area contributed by atoms with E-state index in [0.29, 0.717) is 24.8 Å². The molecule has 0 heterocycles. The quantitative estimate of drug-likeness (QED) is 0.848. The second-order valence-electron chi connectivity index (χ2n) is 6.27. The highest BCUT2D eigenvalue weighted by molar-refractivity contribution is 7.91. The normalized spacial score (nSPS) is 19.9. The van der Waals surface area contributed by atoms with Crippen molar-refractivity contribution >= 4 is 15.8 Å². The molecule has 1 aliphatic carbocycles. The summed E-state index contributed by atoms with van der Waals surface area (Å²) in [7, 11) is -2.33. The highest BCUT2D eigenvalue weighted by atomic mass is 32.2. The number of hydrogen-bond acceptors (Lipinski definition) is 5. The first-order valence-corrected chi connectivity index (χ1v) is 9.58. The minimum atomic E-state index is -3.61. The molecular formula is C19H20O5S. The highest BCUT2D eigenvalue weighted by Gasteiger charge is 2.37. The van der Waals surface area contributed by atoms with E-state index in [9.17, 15) is 18.3 Å². The zero-order chi connectivity index (χ0) is 18.1. The topological polar surface area (TPSA) is 80.7 Å². The molecule has 1 aliphatic rings. The third-order valence-electron chi connectivity index (χ3n) is 4.64. The molecule has 1 atom stereocenters. The summed E-state index contributed by atoms with van der Waals surface area (Å²) in [5.41, 5.74) is 0.0567. The van der Waals surface area contributed by atoms with E-state index in [2.05, 4.69) is 4.74 Å². The minimum absolute atomic E-state index is 0.138. The molecule has 5 nitrogen and oxygen atoms in total. The molecule has 132 valence electrons. The van der Waals surface area contributed by atoms with Crippen LogP contribution in [0.3, 0.4) is 0 Å². The molecule has 0 fully saturated rings. The maximum Gasteiger partial charge on any atom is 0.308 e. The van der Waals surface area contributed by atoms with Gasteiger partial charge in [-0.2, -0.15) is 0 Å². The number of benzene rings is 2. The van der Waals surface area contributed by atoms with E-state index >= 15 is 0 Å². The van der Waals surface area contributed by atoms with Crippen molar-refractivity contribution in [2.45, 2.75) is 41.1 Å². The van der Waals surface area contributed by atoms with Crippen molar-refractivity contribution < 1.29 is 23.1 Å². The third-order valence-corrected chi connectivity index (χ3v) is 6.41. The first-order chi connectivity index (χ1) is 11.9. The summed E-state index contributed by atoms with van der Waals surface area (Å²) in [6.07, 6.45) is 1.65.